The molecule has 1 heterocycles. The molecule has 0 aliphatic heterocycles. The number of rotatable bonds is 4. The van der Waals surface area contributed by atoms with Gasteiger partial charge in [0.1, 0.15) is 0 Å². The molecule has 0 spiro atoms. The van der Waals surface area contributed by atoms with Crippen LogP contribution in [0.1, 0.15) is 10.4 Å². The molecule has 0 atom stereocenters. The zero-order chi connectivity index (χ0) is 18.0. The number of hydrogen-bond donors (Lipinski definition) is 1. The average molecular weight is 394 g/mol. The second-order valence-electron chi connectivity index (χ2n) is 4.92. The summed E-state index contributed by atoms with van der Waals surface area (Å²) in [6.45, 7) is 0. The van der Waals surface area contributed by atoms with Crippen LogP contribution >= 0.6 is 34.5 Å². The third-order valence-electron chi connectivity index (χ3n) is 3.25. The number of benzene rings is 2. The molecular formula is C16H9Cl2N3O3S. The highest BCUT2D eigenvalue weighted by Crippen LogP contribution is 2.28. The fraction of sp³-hybridized carbons (Fsp3) is 0. The quantitative estimate of drug-likeness (QED) is 0.482. The van der Waals surface area contributed by atoms with Gasteiger partial charge in [0.25, 0.3) is 11.6 Å². The molecule has 3 rings (SSSR count). The van der Waals surface area contributed by atoms with Gasteiger partial charge >= 0.3 is 0 Å². The van der Waals surface area contributed by atoms with Crippen molar-refractivity contribution < 1.29 is 9.72 Å². The van der Waals surface area contributed by atoms with Crippen LogP contribution in [0.3, 0.4) is 0 Å². The Labute approximate surface area is 156 Å². The van der Waals surface area contributed by atoms with Gasteiger partial charge in [-0.15, -0.1) is 11.3 Å². The SMILES string of the molecule is O=C(Nc1nc(-c2cccc([N+](=O)[O-])c2)cs1)c1ccc(Cl)cc1Cl. The summed E-state index contributed by atoms with van der Waals surface area (Å²) in [4.78, 5) is 26.9. The van der Waals surface area contributed by atoms with E-state index in [1.165, 1.54) is 35.6 Å². The first-order valence-corrected chi connectivity index (χ1v) is 8.54. The van der Waals surface area contributed by atoms with Crippen molar-refractivity contribution in [3.05, 3.63) is 73.6 Å². The zero-order valence-electron chi connectivity index (χ0n) is 12.4. The second kappa shape index (κ2) is 7.18. The molecule has 0 fully saturated rings. The number of nitrogens with zero attached hydrogens (tertiary/aromatic N) is 2. The van der Waals surface area contributed by atoms with E-state index in [0.29, 0.717) is 21.4 Å². The third kappa shape index (κ3) is 3.96. The Hall–Kier alpha value is -2.48. The van der Waals surface area contributed by atoms with E-state index in [0.717, 1.165) is 0 Å². The highest BCUT2D eigenvalue weighted by atomic mass is 35.5. The van der Waals surface area contributed by atoms with Gasteiger partial charge in [0.2, 0.25) is 0 Å². The second-order valence-corrected chi connectivity index (χ2v) is 6.63. The molecule has 9 heteroatoms. The molecule has 1 amide bonds. The van der Waals surface area contributed by atoms with Crippen molar-refractivity contribution in [2.24, 2.45) is 0 Å². The van der Waals surface area contributed by atoms with E-state index >= 15 is 0 Å². The lowest BCUT2D eigenvalue weighted by Crippen LogP contribution is -2.12. The normalized spacial score (nSPS) is 10.5. The number of aromatic nitrogens is 1. The van der Waals surface area contributed by atoms with Gasteiger partial charge in [-0.3, -0.25) is 20.2 Å². The van der Waals surface area contributed by atoms with E-state index in [1.54, 1.807) is 23.6 Å². The number of anilines is 1. The molecule has 1 aromatic heterocycles. The third-order valence-corrected chi connectivity index (χ3v) is 4.56. The molecule has 3 aromatic rings. The predicted molar refractivity (Wildman–Crippen MR) is 98.6 cm³/mol. The van der Waals surface area contributed by atoms with Gasteiger partial charge in [0.15, 0.2) is 5.13 Å². The summed E-state index contributed by atoms with van der Waals surface area (Å²) in [5.74, 6) is -0.415. The lowest BCUT2D eigenvalue weighted by molar-refractivity contribution is -0.384. The Morgan fingerprint density at radius 3 is 2.72 bits per heavy atom. The van der Waals surface area contributed by atoms with Crippen molar-refractivity contribution in [1.29, 1.82) is 0 Å². The van der Waals surface area contributed by atoms with Gasteiger partial charge in [-0.25, -0.2) is 4.98 Å². The van der Waals surface area contributed by atoms with Crippen molar-refractivity contribution in [3.63, 3.8) is 0 Å². The van der Waals surface area contributed by atoms with E-state index in [9.17, 15) is 14.9 Å². The Morgan fingerprint density at radius 1 is 1.20 bits per heavy atom. The molecule has 0 unspecified atom stereocenters. The molecule has 126 valence electrons. The van der Waals surface area contributed by atoms with Crippen LogP contribution in [0.2, 0.25) is 10.0 Å². The molecule has 0 saturated heterocycles. The summed E-state index contributed by atoms with van der Waals surface area (Å²) in [6, 6.07) is 10.7. The number of carbonyl (C=O) groups is 1. The largest absolute Gasteiger partial charge is 0.298 e. The van der Waals surface area contributed by atoms with Gasteiger partial charge in [-0.2, -0.15) is 0 Å². The van der Waals surface area contributed by atoms with Gasteiger partial charge in [0.05, 0.1) is 21.2 Å². The summed E-state index contributed by atoms with van der Waals surface area (Å²) in [6.07, 6.45) is 0. The fourth-order valence-electron chi connectivity index (χ4n) is 2.08. The van der Waals surface area contributed by atoms with Crippen LogP contribution < -0.4 is 5.32 Å². The van der Waals surface area contributed by atoms with E-state index in [4.69, 9.17) is 23.2 Å². The van der Waals surface area contributed by atoms with Gasteiger partial charge < -0.3 is 0 Å². The van der Waals surface area contributed by atoms with Crippen molar-refractivity contribution >= 4 is 51.3 Å². The summed E-state index contributed by atoms with van der Waals surface area (Å²) < 4.78 is 0. The van der Waals surface area contributed by atoms with Crippen molar-refractivity contribution in [1.82, 2.24) is 4.98 Å². The van der Waals surface area contributed by atoms with Gasteiger partial charge in [0, 0.05) is 28.1 Å². The van der Waals surface area contributed by atoms with Crippen LogP contribution in [-0.4, -0.2) is 15.8 Å². The van der Waals surface area contributed by atoms with Crippen molar-refractivity contribution in [3.8, 4) is 11.3 Å². The number of hydrogen-bond acceptors (Lipinski definition) is 5. The number of thiazole rings is 1. The number of non-ortho nitro benzene ring substituents is 1. The minimum atomic E-state index is -0.471. The molecule has 25 heavy (non-hydrogen) atoms. The maximum Gasteiger partial charge on any atom is 0.270 e. The molecule has 0 bridgehead atoms. The Bertz CT molecular complexity index is 975. The summed E-state index contributed by atoms with van der Waals surface area (Å²) in [5, 5.41) is 16.2. The number of amides is 1. The van der Waals surface area contributed by atoms with E-state index in [1.807, 2.05) is 0 Å². The van der Waals surface area contributed by atoms with E-state index < -0.39 is 10.8 Å². The molecule has 0 aliphatic carbocycles. The van der Waals surface area contributed by atoms with E-state index in [-0.39, 0.29) is 16.3 Å². The minimum absolute atomic E-state index is 0.0240. The van der Waals surface area contributed by atoms with Crippen LogP contribution in [0.15, 0.2) is 47.8 Å². The Kier molecular flexibility index (Phi) is 4.98. The van der Waals surface area contributed by atoms with Gasteiger partial charge in [-0.05, 0) is 18.2 Å². The maximum atomic E-state index is 12.3. The van der Waals surface area contributed by atoms with Crippen LogP contribution in [0.5, 0.6) is 0 Å². The fourth-order valence-corrected chi connectivity index (χ4v) is 3.29. The van der Waals surface area contributed by atoms with Gasteiger partial charge in [-0.1, -0.05) is 35.3 Å². The topological polar surface area (TPSA) is 85.1 Å². The Morgan fingerprint density at radius 2 is 2.00 bits per heavy atom. The highest BCUT2D eigenvalue weighted by molar-refractivity contribution is 7.14. The summed E-state index contributed by atoms with van der Waals surface area (Å²) in [5.41, 5.74) is 1.38. The predicted octanol–water partition coefficient (Wildman–Crippen LogP) is 5.28. The number of carbonyl (C=O) groups excluding carboxylic acids is 1. The first-order chi connectivity index (χ1) is 11.9. The molecule has 1 N–H and O–H groups in total. The molecule has 0 aliphatic rings. The standard InChI is InChI=1S/C16H9Cl2N3O3S/c17-10-4-5-12(13(18)7-10)15(22)20-16-19-14(8-25-16)9-2-1-3-11(6-9)21(23)24/h1-8H,(H,19,20,22). The Balaban J connectivity index is 1.81. The molecular weight excluding hydrogens is 385 g/mol. The van der Waals surface area contributed by atoms with Crippen LogP contribution in [0, 0.1) is 10.1 Å². The number of nitro benzene ring substituents is 1. The average Bonchev–Trinajstić information content (AvgIpc) is 3.03. The number of nitro groups is 1. The molecule has 0 saturated carbocycles. The minimum Gasteiger partial charge on any atom is -0.298 e. The highest BCUT2D eigenvalue weighted by Gasteiger charge is 2.14. The van der Waals surface area contributed by atoms with Crippen LogP contribution in [-0.2, 0) is 0 Å². The lowest BCUT2D eigenvalue weighted by Gasteiger charge is -2.04. The maximum absolute atomic E-state index is 12.3. The molecule has 0 radical (unpaired) electrons. The summed E-state index contributed by atoms with van der Waals surface area (Å²) in [7, 11) is 0. The smallest absolute Gasteiger partial charge is 0.270 e. The van der Waals surface area contributed by atoms with Crippen LogP contribution in [0.4, 0.5) is 10.8 Å². The molecule has 6 nitrogen and oxygen atoms in total. The number of nitrogens with one attached hydrogen (secondary N) is 1. The number of halogens is 2. The van der Waals surface area contributed by atoms with Crippen molar-refractivity contribution in [2.45, 2.75) is 0 Å². The van der Waals surface area contributed by atoms with E-state index in [2.05, 4.69) is 10.3 Å². The van der Waals surface area contributed by atoms with Crippen molar-refractivity contribution in [2.75, 3.05) is 5.32 Å². The van der Waals surface area contributed by atoms with Crippen LogP contribution in [0.25, 0.3) is 11.3 Å². The monoisotopic (exact) mass is 393 g/mol. The first-order valence-electron chi connectivity index (χ1n) is 6.91. The lowest BCUT2D eigenvalue weighted by atomic mass is 10.1. The summed E-state index contributed by atoms with van der Waals surface area (Å²) >= 11 is 13.0. The zero-order valence-corrected chi connectivity index (χ0v) is 14.7. The first kappa shape index (κ1) is 17.3. The molecule has 2 aromatic carbocycles.